The van der Waals surface area contributed by atoms with Crippen molar-refractivity contribution in [3.8, 4) is 5.75 Å². The van der Waals surface area contributed by atoms with Crippen molar-refractivity contribution in [2.75, 3.05) is 0 Å². The van der Waals surface area contributed by atoms with Gasteiger partial charge < -0.3 is 8.98 Å². The maximum Gasteiger partial charge on any atom is 0.313 e. The van der Waals surface area contributed by atoms with Crippen molar-refractivity contribution >= 4 is 15.9 Å². The highest BCUT2D eigenvalue weighted by Gasteiger charge is 2.14. The first-order valence-electron chi connectivity index (χ1n) is 7.09. The summed E-state index contributed by atoms with van der Waals surface area (Å²) in [5.41, 5.74) is 1.38. The van der Waals surface area contributed by atoms with Crippen LogP contribution in [0.2, 0.25) is 0 Å². The molecule has 0 aliphatic rings. The summed E-state index contributed by atoms with van der Waals surface area (Å²) in [7, 11) is -3.82. The molecular formula is C17H17FO4S. The van der Waals surface area contributed by atoms with E-state index in [0.717, 1.165) is 5.56 Å². The van der Waals surface area contributed by atoms with Gasteiger partial charge >= 0.3 is 10.1 Å². The van der Waals surface area contributed by atoms with E-state index in [9.17, 15) is 17.6 Å². The number of carbonyl (C=O) groups excluding carboxylic acids is 1. The van der Waals surface area contributed by atoms with Crippen molar-refractivity contribution in [3.05, 3.63) is 65.5 Å². The molecule has 0 atom stereocenters. The monoisotopic (exact) mass is 336 g/mol. The van der Waals surface area contributed by atoms with Crippen LogP contribution in [0.25, 0.3) is 0 Å². The van der Waals surface area contributed by atoms with E-state index in [1.54, 1.807) is 24.3 Å². The molecule has 6 heteroatoms. The van der Waals surface area contributed by atoms with Gasteiger partial charge in [-0.05, 0) is 48.7 Å². The molecule has 0 aromatic heterocycles. The SMILES string of the molecule is CC(=O)CCc1ccc(OS(=O)(=O)Cc2ccc(F)cc2)cc1. The second kappa shape index (κ2) is 7.37. The van der Waals surface area contributed by atoms with Crippen LogP contribution < -0.4 is 4.18 Å². The lowest BCUT2D eigenvalue weighted by Crippen LogP contribution is -2.12. The zero-order chi connectivity index (χ0) is 16.9. The van der Waals surface area contributed by atoms with Crippen molar-refractivity contribution in [2.24, 2.45) is 0 Å². The third-order valence-corrected chi connectivity index (χ3v) is 4.30. The molecule has 2 rings (SSSR count). The molecule has 2 aromatic carbocycles. The van der Waals surface area contributed by atoms with Gasteiger partial charge in [0.1, 0.15) is 23.1 Å². The molecule has 0 spiro atoms. The molecule has 0 aliphatic heterocycles. The lowest BCUT2D eigenvalue weighted by Gasteiger charge is -2.08. The van der Waals surface area contributed by atoms with Crippen LogP contribution in [0.15, 0.2) is 48.5 Å². The Morgan fingerprint density at radius 2 is 1.57 bits per heavy atom. The molecule has 0 fully saturated rings. The molecule has 0 saturated carbocycles. The van der Waals surface area contributed by atoms with E-state index in [4.69, 9.17) is 4.18 Å². The molecule has 4 nitrogen and oxygen atoms in total. The molecule has 0 radical (unpaired) electrons. The zero-order valence-corrected chi connectivity index (χ0v) is 13.5. The fourth-order valence-electron chi connectivity index (χ4n) is 1.99. The Labute approximate surface area is 135 Å². The Bertz CT molecular complexity index is 765. The molecule has 0 N–H and O–H groups in total. The minimum Gasteiger partial charge on any atom is -0.382 e. The van der Waals surface area contributed by atoms with Crippen LogP contribution in [-0.4, -0.2) is 14.2 Å². The van der Waals surface area contributed by atoms with Gasteiger partial charge in [-0.2, -0.15) is 8.42 Å². The summed E-state index contributed by atoms with van der Waals surface area (Å²) in [6, 6.07) is 11.8. The van der Waals surface area contributed by atoms with Crippen molar-refractivity contribution in [3.63, 3.8) is 0 Å². The van der Waals surface area contributed by atoms with E-state index in [-0.39, 0.29) is 17.3 Å². The van der Waals surface area contributed by atoms with Crippen LogP contribution >= 0.6 is 0 Å². The van der Waals surface area contributed by atoms with E-state index < -0.39 is 15.9 Å². The first-order chi connectivity index (χ1) is 10.8. The Balaban J connectivity index is 1.99. The molecule has 23 heavy (non-hydrogen) atoms. The number of aryl methyl sites for hydroxylation is 1. The topological polar surface area (TPSA) is 60.4 Å². The van der Waals surface area contributed by atoms with Gasteiger partial charge in [-0.15, -0.1) is 0 Å². The van der Waals surface area contributed by atoms with Gasteiger partial charge in [0.15, 0.2) is 0 Å². The fraction of sp³-hybridized carbons (Fsp3) is 0.235. The molecule has 0 aliphatic carbocycles. The van der Waals surface area contributed by atoms with E-state index in [2.05, 4.69) is 0 Å². The van der Waals surface area contributed by atoms with Crippen molar-refractivity contribution < 1.29 is 21.8 Å². The zero-order valence-electron chi connectivity index (χ0n) is 12.7. The van der Waals surface area contributed by atoms with Crippen LogP contribution in [0.1, 0.15) is 24.5 Å². The number of hydrogen-bond acceptors (Lipinski definition) is 4. The van der Waals surface area contributed by atoms with Gasteiger partial charge in [-0.1, -0.05) is 24.3 Å². The highest BCUT2D eigenvalue weighted by Crippen LogP contribution is 2.18. The number of hydrogen-bond donors (Lipinski definition) is 0. The van der Waals surface area contributed by atoms with Crippen LogP contribution in [0.4, 0.5) is 4.39 Å². The Morgan fingerprint density at radius 1 is 1.00 bits per heavy atom. The smallest absolute Gasteiger partial charge is 0.313 e. The fourth-order valence-corrected chi connectivity index (χ4v) is 3.06. The molecule has 0 amide bonds. The normalized spacial score (nSPS) is 11.2. The summed E-state index contributed by atoms with van der Waals surface area (Å²) in [6.45, 7) is 1.53. The van der Waals surface area contributed by atoms with Gasteiger partial charge in [0.25, 0.3) is 0 Å². The minimum atomic E-state index is -3.82. The summed E-state index contributed by atoms with van der Waals surface area (Å²) in [6.07, 6.45) is 1.06. The highest BCUT2D eigenvalue weighted by atomic mass is 32.2. The Hall–Kier alpha value is -2.21. The van der Waals surface area contributed by atoms with E-state index in [0.29, 0.717) is 18.4 Å². The maximum absolute atomic E-state index is 12.8. The second-order valence-corrected chi connectivity index (χ2v) is 6.83. The first kappa shape index (κ1) is 17.1. The Kier molecular flexibility index (Phi) is 5.50. The number of Topliss-reactive ketones (excluding diaryl/α,β-unsaturated/α-hetero) is 1. The molecule has 0 unspecified atom stereocenters. The molecule has 122 valence electrons. The lowest BCUT2D eigenvalue weighted by molar-refractivity contribution is -0.116. The van der Waals surface area contributed by atoms with Gasteiger partial charge in [0.05, 0.1) is 0 Å². The quantitative estimate of drug-likeness (QED) is 0.728. The minimum absolute atomic E-state index is 0.104. The average molecular weight is 336 g/mol. The third kappa shape index (κ3) is 5.83. The number of ketones is 1. The molecule has 0 bridgehead atoms. The molecule has 2 aromatic rings. The highest BCUT2D eigenvalue weighted by molar-refractivity contribution is 7.86. The van der Waals surface area contributed by atoms with E-state index in [1.165, 1.54) is 31.2 Å². The van der Waals surface area contributed by atoms with Crippen LogP contribution in [0.5, 0.6) is 5.75 Å². The van der Waals surface area contributed by atoms with Gasteiger partial charge in [0.2, 0.25) is 0 Å². The van der Waals surface area contributed by atoms with Crippen molar-refractivity contribution in [1.82, 2.24) is 0 Å². The third-order valence-electron chi connectivity index (χ3n) is 3.17. The van der Waals surface area contributed by atoms with Gasteiger partial charge in [-0.25, -0.2) is 4.39 Å². The largest absolute Gasteiger partial charge is 0.382 e. The van der Waals surface area contributed by atoms with Crippen LogP contribution in [-0.2, 0) is 27.1 Å². The number of carbonyl (C=O) groups is 1. The molecular weight excluding hydrogens is 319 g/mol. The van der Waals surface area contributed by atoms with Gasteiger partial charge in [0, 0.05) is 6.42 Å². The summed E-state index contributed by atoms with van der Waals surface area (Å²) >= 11 is 0. The van der Waals surface area contributed by atoms with Gasteiger partial charge in [-0.3, -0.25) is 0 Å². The lowest BCUT2D eigenvalue weighted by atomic mass is 10.1. The first-order valence-corrected chi connectivity index (χ1v) is 8.67. The summed E-state index contributed by atoms with van der Waals surface area (Å²) in [4.78, 5) is 10.9. The Morgan fingerprint density at radius 3 is 2.13 bits per heavy atom. The average Bonchev–Trinajstić information content (AvgIpc) is 2.48. The maximum atomic E-state index is 12.8. The number of halogens is 1. The summed E-state index contributed by atoms with van der Waals surface area (Å²) < 4.78 is 41.8. The molecule has 0 heterocycles. The number of rotatable bonds is 7. The van der Waals surface area contributed by atoms with E-state index in [1.807, 2.05) is 0 Å². The summed E-state index contributed by atoms with van der Waals surface area (Å²) in [5, 5.41) is 0. The predicted octanol–water partition coefficient (Wildman–Crippen LogP) is 3.26. The predicted molar refractivity (Wildman–Crippen MR) is 85.1 cm³/mol. The van der Waals surface area contributed by atoms with Crippen molar-refractivity contribution in [1.29, 1.82) is 0 Å². The second-order valence-electron chi connectivity index (χ2n) is 5.26. The molecule has 0 saturated heterocycles. The van der Waals surface area contributed by atoms with Crippen LogP contribution in [0, 0.1) is 5.82 Å². The van der Waals surface area contributed by atoms with Crippen molar-refractivity contribution in [2.45, 2.75) is 25.5 Å². The summed E-state index contributed by atoms with van der Waals surface area (Å²) in [5.74, 6) is -0.446. The number of benzene rings is 2. The standard InChI is InChI=1S/C17H17FO4S/c1-13(19)2-3-14-6-10-17(11-7-14)22-23(20,21)12-15-4-8-16(18)9-5-15/h4-11H,2-3,12H2,1H3. The van der Waals surface area contributed by atoms with Crippen LogP contribution in [0.3, 0.4) is 0 Å². The van der Waals surface area contributed by atoms with E-state index >= 15 is 0 Å².